The fourth-order valence-corrected chi connectivity index (χ4v) is 1.59. The van der Waals surface area contributed by atoms with E-state index in [9.17, 15) is 9.59 Å². The number of aromatic carboxylic acids is 2. The summed E-state index contributed by atoms with van der Waals surface area (Å²) in [7, 11) is 0. The van der Waals surface area contributed by atoms with E-state index in [1.165, 1.54) is 24.3 Å². The van der Waals surface area contributed by atoms with Gasteiger partial charge < -0.3 is 15.5 Å². The molecule has 0 radical (unpaired) electrons. The van der Waals surface area contributed by atoms with Gasteiger partial charge in [0.05, 0.1) is 11.1 Å². The van der Waals surface area contributed by atoms with E-state index in [4.69, 9.17) is 10.2 Å². The molecule has 5 heteroatoms. The first-order valence-electron chi connectivity index (χ1n) is 5.50. The average Bonchev–Trinajstić information content (AvgIpc) is 2.39. The Morgan fingerprint density at radius 1 is 0.789 bits per heavy atom. The second-order valence-electron chi connectivity index (χ2n) is 3.89. The maximum Gasteiger partial charge on any atom is 0.335 e. The molecule has 3 N–H and O–H groups in total. The highest BCUT2D eigenvalue weighted by molar-refractivity contribution is 5.89. The highest BCUT2D eigenvalue weighted by atomic mass is 16.4. The maximum atomic E-state index is 10.8. The van der Waals surface area contributed by atoms with E-state index in [0.29, 0.717) is 11.4 Å². The predicted octanol–water partition coefficient (Wildman–Crippen LogP) is 2.83. The van der Waals surface area contributed by atoms with Crippen LogP contribution in [-0.2, 0) is 0 Å². The Kier molecular flexibility index (Phi) is 3.47. The number of hydrogen-bond acceptors (Lipinski definition) is 3. The van der Waals surface area contributed by atoms with Crippen LogP contribution in [0.15, 0.2) is 48.5 Å². The molecule has 19 heavy (non-hydrogen) atoms. The van der Waals surface area contributed by atoms with Crippen LogP contribution in [0.4, 0.5) is 11.4 Å². The first-order valence-corrected chi connectivity index (χ1v) is 5.50. The van der Waals surface area contributed by atoms with E-state index in [1.54, 1.807) is 24.3 Å². The van der Waals surface area contributed by atoms with Crippen molar-refractivity contribution in [1.29, 1.82) is 0 Å². The highest BCUT2D eigenvalue weighted by Gasteiger charge is 2.04. The minimum absolute atomic E-state index is 0.187. The van der Waals surface area contributed by atoms with Gasteiger partial charge in [-0.15, -0.1) is 0 Å². The summed E-state index contributed by atoms with van der Waals surface area (Å²) < 4.78 is 0. The molecule has 0 bridgehead atoms. The van der Waals surface area contributed by atoms with Crippen LogP contribution in [0.1, 0.15) is 20.7 Å². The van der Waals surface area contributed by atoms with Gasteiger partial charge >= 0.3 is 11.9 Å². The van der Waals surface area contributed by atoms with Gasteiger partial charge in [-0.1, -0.05) is 6.07 Å². The molecule has 0 fully saturated rings. The number of rotatable bonds is 4. The smallest absolute Gasteiger partial charge is 0.335 e. The number of anilines is 2. The van der Waals surface area contributed by atoms with Gasteiger partial charge in [-0.05, 0) is 42.5 Å². The standard InChI is InChI=1S/C14H11NO4/c16-13(17)9-4-6-11(7-5-9)15-12-3-1-2-10(8-12)14(18)19/h1-8,15H,(H,16,17)(H,18,19). The molecule has 2 rings (SSSR count). The molecule has 5 nitrogen and oxygen atoms in total. The first-order chi connectivity index (χ1) is 9.06. The Balaban J connectivity index is 2.19. The summed E-state index contributed by atoms with van der Waals surface area (Å²) >= 11 is 0. The molecule has 0 amide bonds. The normalized spacial score (nSPS) is 9.89. The van der Waals surface area contributed by atoms with Crippen molar-refractivity contribution in [2.45, 2.75) is 0 Å². The molecule has 0 unspecified atom stereocenters. The Bertz CT molecular complexity index is 620. The van der Waals surface area contributed by atoms with Crippen molar-refractivity contribution in [2.75, 3.05) is 5.32 Å². The van der Waals surface area contributed by atoms with Gasteiger partial charge in [-0.25, -0.2) is 9.59 Å². The van der Waals surface area contributed by atoms with E-state index in [0.717, 1.165) is 0 Å². The van der Waals surface area contributed by atoms with E-state index in [2.05, 4.69) is 5.32 Å². The van der Waals surface area contributed by atoms with Gasteiger partial charge in [0.15, 0.2) is 0 Å². The van der Waals surface area contributed by atoms with Crippen LogP contribution in [0, 0.1) is 0 Å². The lowest BCUT2D eigenvalue weighted by molar-refractivity contribution is 0.0686. The summed E-state index contributed by atoms with van der Waals surface area (Å²) in [6.07, 6.45) is 0. The summed E-state index contributed by atoms with van der Waals surface area (Å²) in [5.74, 6) is -1.98. The van der Waals surface area contributed by atoms with Crippen LogP contribution in [0.2, 0.25) is 0 Å². The summed E-state index contributed by atoms with van der Waals surface area (Å²) in [5, 5.41) is 20.7. The predicted molar refractivity (Wildman–Crippen MR) is 70.1 cm³/mol. The topological polar surface area (TPSA) is 86.6 Å². The molecule has 0 saturated carbocycles. The lowest BCUT2D eigenvalue weighted by atomic mass is 10.2. The van der Waals surface area contributed by atoms with Gasteiger partial charge in [0.25, 0.3) is 0 Å². The van der Waals surface area contributed by atoms with Crippen LogP contribution in [0.5, 0.6) is 0 Å². The van der Waals surface area contributed by atoms with Crippen molar-refractivity contribution in [1.82, 2.24) is 0 Å². The van der Waals surface area contributed by atoms with Crippen LogP contribution in [0.3, 0.4) is 0 Å². The second kappa shape index (κ2) is 5.22. The van der Waals surface area contributed by atoms with Gasteiger partial charge in [-0.2, -0.15) is 0 Å². The van der Waals surface area contributed by atoms with Gasteiger partial charge in [0.2, 0.25) is 0 Å². The lowest BCUT2D eigenvalue weighted by Crippen LogP contribution is -1.99. The summed E-state index contributed by atoms with van der Waals surface area (Å²) in [6.45, 7) is 0. The van der Waals surface area contributed by atoms with Gasteiger partial charge in [-0.3, -0.25) is 0 Å². The number of carboxylic acid groups (broad SMARTS) is 2. The quantitative estimate of drug-likeness (QED) is 0.784. The Hall–Kier alpha value is -2.82. The SMILES string of the molecule is O=C(O)c1ccc(Nc2cccc(C(=O)O)c2)cc1. The largest absolute Gasteiger partial charge is 0.478 e. The number of carbonyl (C=O) groups is 2. The number of benzene rings is 2. The maximum absolute atomic E-state index is 10.8. The molecule has 2 aromatic carbocycles. The molecule has 0 spiro atoms. The molecule has 96 valence electrons. The van der Waals surface area contributed by atoms with Gasteiger partial charge in [0.1, 0.15) is 0 Å². The molecule has 0 aromatic heterocycles. The molecule has 0 aliphatic heterocycles. The Morgan fingerprint density at radius 3 is 2.00 bits per heavy atom. The molecule has 0 aliphatic carbocycles. The third-order valence-electron chi connectivity index (χ3n) is 2.53. The summed E-state index contributed by atoms with van der Waals surface area (Å²) in [6, 6.07) is 12.6. The molecular weight excluding hydrogens is 246 g/mol. The molecular formula is C14H11NO4. The molecule has 0 atom stereocenters. The van der Waals surface area contributed by atoms with Crippen molar-refractivity contribution < 1.29 is 19.8 Å². The zero-order valence-corrected chi connectivity index (χ0v) is 9.83. The Labute approximate surface area is 109 Å². The Morgan fingerprint density at radius 2 is 1.42 bits per heavy atom. The lowest BCUT2D eigenvalue weighted by Gasteiger charge is -2.07. The van der Waals surface area contributed by atoms with E-state index in [-0.39, 0.29) is 11.1 Å². The van der Waals surface area contributed by atoms with Crippen molar-refractivity contribution in [3.63, 3.8) is 0 Å². The highest BCUT2D eigenvalue weighted by Crippen LogP contribution is 2.18. The van der Waals surface area contributed by atoms with Crippen molar-refractivity contribution in [3.05, 3.63) is 59.7 Å². The fourth-order valence-electron chi connectivity index (χ4n) is 1.59. The minimum Gasteiger partial charge on any atom is -0.478 e. The number of nitrogens with one attached hydrogen (secondary N) is 1. The summed E-state index contributed by atoms with van der Waals surface area (Å²) in [4.78, 5) is 21.5. The van der Waals surface area contributed by atoms with Crippen LogP contribution >= 0.6 is 0 Å². The zero-order chi connectivity index (χ0) is 13.8. The molecule has 0 aliphatic rings. The monoisotopic (exact) mass is 257 g/mol. The molecule has 0 saturated heterocycles. The van der Waals surface area contributed by atoms with Crippen molar-refractivity contribution in [2.24, 2.45) is 0 Å². The number of hydrogen-bond donors (Lipinski definition) is 3. The third-order valence-corrected chi connectivity index (χ3v) is 2.53. The van der Waals surface area contributed by atoms with Crippen molar-refractivity contribution >= 4 is 23.3 Å². The summed E-state index contributed by atoms with van der Waals surface area (Å²) in [5.41, 5.74) is 1.70. The molecule has 0 heterocycles. The van der Waals surface area contributed by atoms with Crippen molar-refractivity contribution in [3.8, 4) is 0 Å². The van der Waals surface area contributed by atoms with Crippen LogP contribution in [0.25, 0.3) is 0 Å². The first kappa shape index (κ1) is 12.6. The van der Waals surface area contributed by atoms with Gasteiger partial charge in [0, 0.05) is 11.4 Å². The molecule has 2 aromatic rings. The van der Waals surface area contributed by atoms with Crippen LogP contribution in [-0.4, -0.2) is 22.2 Å². The minimum atomic E-state index is -0.995. The van der Waals surface area contributed by atoms with E-state index >= 15 is 0 Å². The fraction of sp³-hybridized carbons (Fsp3) is 0. The van der Waals surface area contributed by atoms with E-state index < -0.39 is 11.9 Å². The van der Waals surface area contributed by atoms with E-state index in [1.807, 2.05) is 0 Å². The third kappa shape index (κ3) is 3.10. The average molecular weight is 257 g/mol. The second-order valence-corrected chi connectivity index (χ2v) is 3.89. The zero-order valence-electron chi connectivity index (χ0n) is 9.83. The van der Waals surface area contributed by atoms with Crippen LogP contribution < -0.4 is 5.32 Å². The number of carboxylic acids is 2.